The lowest BCUT2D eigenvalue weighted by Crippen LogP contribution is -2.59. The monoisotopic (exact) mass is 246 g/mol. The average molecular weight is 246 g/mol. The van der Waals surface area contributed by atoms with Gasteiger partial charge in [0, 0.05) is 25.2 Å². The van der Waals surface area contributed by atoms with Crippen LogP contribution in [-0.2, 0) is 0 Å². The van der Waals surface area contributed by atoms with E-state index in [-0.39, 0.29) is 11.4 Å². The number of carbonyl (C=O) groups is 1. The molecule has 1 amide bonds. The van der Waals surface area contributed by atoms with E-state index in [1.54, 1.807) is 0 Å². The van der Waals surface area contributed by atoms with Crippen molar-refractivity contribution in [1.82, 2.24) is 10.2 Å². The quantitative estimate of drug-likeness (QED) is 0.823. The molecule has 2 rings (SSSR count). The predicted molar refractivity (Wildman–Crippen MR) is 73.9 cm³/mol. The van der Waals surface area contributed by atoms with Gasteiger partial charge < -0.3 is 10.2 Å². The number of nitrogens with zero attached hydrogens (tertiary/aromatic N) is 1. The van der Waals surface area contributed by atoms with Gasteiger partial charge in [-0.2, -0.15) is 0 Å². The lowest BCUT2D eigenvalue weighted by molar-refractivity contribution is 0.0477. The van der Waals surface area contributed by atoms with Gasteiger partial charge >= 0.3 is 0 Å². The van der Waals surface area contributed by atoms with Crippen molar-refractivity contribution in [1.29, 1.82) is 0 Å². The summed E-state index contributed by atoms with van der Waals surface area (Å²) in [6.07, 6.45) is 0. The Balaban J connectivity index is 2.30. The van der Waals surface area contributed by atoms with Crippen LogP contribution in [0.2, 0.25) is 0 Å². The normalized spacial score (nSPS) is 18.8. The minimum absolute atomic E-state index is 0.118. The minimum Gasteiger partial charge on any atom is -0.331 e. The van der Waals surface area contributed by atoms with Gasteiger partial charge in [0.2, 0.25) is 0 Å². The molecule has 0 bridgehead atoms. The summed E-state index contributed by atoms with van der Waals surface area (Å²) in [5, 5.41) is 3.34. The molecule has 1 fully saturated rings. The number of nitrogens with one attached hydrogen (secondary N) is 1. The van der Waals surface area contributed by atoms with Crippen molar-refractivity contribution >= 4 is 5.91 Å². The van der Waals surface area contributed by atoms with E-state index < -0.39 is 0 Å². The van der Waals surface area contributed by atoms with Gasteiger partial charge in [-0.15, -0.1) is 0 Å². The van der Waals surface area contributed by atoms with Gasteiger partial charge in [-0.3, -0.25) is 4.79 Å². The van der Waals surface area contributed by atoms with E-state index in [4.69, 9.17) is 0 Å². The summed E-state index contributed by atoms with van der Waals surface area (Å²) in [6, 6.07) is 6.06. The largest absolute Gasteiger partial charge is 0.331 e. The molecule has 3 nitrogen and oxygen atoms in total. The first-order chi connectivity index (χ1) is 8.40. The first-order valence-electron chi connectivity index (χ1n) is 6.51. The Morgan fingerprint density at radius 3 is 2.39 bits per heavy atom. The second-order valence-electron chi connectivity index (χ2n) is 5.82. The van der Waals surface area contributed by atoms with Gasteiger partial charge in [0.25, 0.3) is 5.91 Å². The van der Waals surface area contributed by atoms with Crippen LogP contribution < -0.4 is 5.32 Å². The molecule has 0 saturated carbocycles. The molecule has 98 valence electrons. The summed E-state index contributed by atoms with van der Waals surface area (Å²) in [4.78, 5) is 14.6. The number of piperazine rings is 1. The van der Waals surface area contributed by atoms with Gasteiger partial charge in [0.05, 0.1) is 5.54 Å². The summed E-state index contributed by atoms with van der Waals surface area (Å²) in [7, 11) is 0. The summed E-state index contributed by atoms with van der Waals surface area (Å²) in [6.45, 7) is 10.8. The number of amides is 1. The van der Waals surface area contributed by atoms with Gasteiger partial charge in [-0.25, -0.2) is 0 Å². The third-order valence-electron chi connectivity index (χ3n) is 3.51. The molecule has 1 aliphatic rings. The standard InChI is InChI=1S/C15H22N2O/c1-11-7-12(2)9-13(8-11)14(18)17-6-5-16-10-15(17,3)4/h7-9,16H,5-6,10H2,1-4H3. The van der Waals surface area contributed by atoms with E-state index in [0.29, 0.717) is 0 Å². The first-order valence-corrected chi connectivity index (χ1v) is 6.51. The third-order valence-corrected chi connectivity index (χ3v) is 3.51. The maximum Gasteiger partial charge on any atom is 0.254 e. The van der Waals surface area contributed by atoms with E-state index in [2.05, 4.69) is 25.2 Å². The Hall–Kier alpha value is -1.35. The van der Waals surface area contributed by atoms with Crippen LogP contribution in [-0.4, -0.2) is 36.0 Å². The zero-order valence-corrected chi connectivity index (χ0v) is 11.7. The van der Waals surface area contributed by atoms with Gasteiger partial charge in [0.1, 0.15) is 0 Å². The smallest absolute Gasteiger partial charge is 0.254 e. The molecule has 0 aromatic heterocycles. The van der Waals surface area contributed by atoms with Gasteiger partial charge in [-0.1, -0.05) is 17.2 Å². The maximum absolute atomic E-state index is 12.6. The van der Waals surface area contributed by atoms with Crippen molar-refractivity contribution in [3.8, 4) is 0 Å². The Kier molecular flexibility index (Phi) is 3.44. The molecule has 1 aliphatic heterocycles. The van der Waals surface area contributed by atoms with Gasteiger partial charge in [-0.05, 0) is 39.8 Å². The second-order valence-corrected chi connectivity index (χ2v) is 5.82. The van der Waals surface area contributed by atoms with Crippen LogP contribution in [0.1, 0.15) is 35.3 Å². The minimum atomic E-state index is -0.118. The maximum atomic E-state index is 12.6. The molecule has 1 aromatic carbocycles. The van der Waals surface area contributed by atoms with Crippen LogP contribution in [0.25, 0.3) is 0 Å². The zero-order valence-electron chi connectivity index (χ0n) is 11.7. The van der Waals surface area contributed by atoms with E-state index >= 15 is 0 Å². The molecular weight excluding hydrogens is 224 g/mol. The molecule has 3 heteroatoms. The fraction of sp³-hybridized carbons (Fsp3) is 0.533. The van der Waals surface area contributed by atoms with Crippen molar-refractivity contribution in [2.45, 2.75) is 33.2 Å². The molecule has 18 heavy (non-hydrogen) atoms. The van der Waals surface area contributed by atoms with Crippen molar-refractivity contribution < 1.29 is 4.79 Å². The van der Waals surface area contributed by atoms with Crippen LogP contribution in [0.3, 0.4) is 0 Å². The van der Waals surface area contributed by atoms with Crippen molar-refractivity contribution in [3.63, 3.8) is 0 Å². The summed E-state index contributed by atoms with van der Waals surface area (Å²) in [5.74, 6) is 0.147. The fourth-order valence-corrected chi connectivity index (χ4v) is 2.61. The molecule has 0 aliphatic carbocycles. The van der Waals surface area contributed by atoms with Crippen LogP contribution in [0.5, 0.6) is 0 Å². The molecule has 0 radical (unpaired) electrons. The molecule has 1 N–H and O–H groups in total. The highest BCUT2D eigenvalue weighted by Crippen LogP contribution is 2.20. The number of rotatable bonds is 1. The summed E-state index contributed by atoms with van der Waals surface area (Å²) >= 11 is 0. The highest BCUT2D eigenvalue weighted by atomic mass is 16.2. The second kappa shape index (κ2) is 4.73. The Morgan fingerprint density at radius 1 is 1.22 bits per heavy atom. The average Bonchev–Trinajstić information content (AvgIpc) is 2.26. The number of hydrogen-bond acceptors (Lipinski definition) is 2. The van der Waals surface area contributed by atoms with Crippen molar-refractivity contribution in [2.75, 3.05) is 19.6 Å². The highest BCUT2D eigenvalue weighted by Gasteiger charge is 2.33. The van der Waals surface area contributed by atoms with Crippen molar-refractivity contribution in [2.24, 2.45) is 0 Å². The van der Waals surface area contributed by atoms with Gasteiger partial charge in [0.15, 0.2) is 0 Å². The lowest BCUT2D eigenvalue weighted by atomic mass is 9.98. The van der Waals surface area contributed by atoms with Crippen LogP contribution >= 0.6 is 0 Å². The Labute approximate surface area is 109 Å². The van der Waals surface area contributed by atoms with Crippen LogP contribution in [0.15, 0.2) is 18.2 Å². The van der Waals surface area contributed by atoms with Crippen molar-refractivity contribution in [3.05, 3.63) is 34.9 Å². The van der Waals surface area contributed by atoms with E-state index in [1.165, 1.54) is 0 Å². The number of hydrogen-bond donors (Lipinski definition) is 1. The number of benzene rings is 1. The first kappa shape index (κ1) is 13.1. The fourth-order valence-electron chi connectivity index (χ4n) is 2.61. The Bertz CT molecular complexity index is 445. The molecule has 1 heterocycles. The van der Waals surface area contributed by atoms with Crippen LogP contribution in [0, 0.1) is 13.8 Å². The molecule has 1 saturated heterocycles. The summed E-state index contributed by atoms with van der Waals surface area (Å²) in [5.41, 5.74) is 2.98. The topological polar surface area (TPSA) is 32.3 Å². The van der Waals surface area contributed by atoms with E-state index in [9.17, 15) is 4.79 Å². The molecule has 0 atom stereocenters. The number of carbonyl (C=O) groups excluding carboxylic acids is 1. The lowest BCUT2D eigenvalue weighted by Gasteiger charge is -2.43. The van der Waals surface area contributed by atoms with Crippen LogP contribution in [0.4, 0.5) is 0 Å². The molecular formula is C15H22N2O. The summed E-state index contributed by atoms with van der Waals surface area (Å²) < 4.78 is 0. The molecule has 1 aromatic rings. The van der Waals surface area contributed by atoms with E-state index in [1.807, 2.05) is 30.9 Å². The molecule has 0 spiro atoms. The number of aryl methyl sites for hydroxylation is 2. The zero-order chi connectivity index (χ0) is 13.3. The highest BCUT2D eigenvalue weighted by molar-refractivity contribution is 5.95. The molecule has 0 unspecified atom stereocenters. The third kappa shape index (κ3) is 2.56. The SMILES string of the molecule is Cc1cc(C)cc(C(=O)N2CCNCC2(C)C)c1. The predicted octanol–water partition coefficient (Wildman–Crippen LogP) is 2.13. The Morgan fingerprint density at radius 2 is 1.83 bits per heavy atom. The van der Waals surface area contributed by atoms with E-state index in [0.717, 1.165) is 36.3 Å².